The summed E-state index contributed by atoms with van der Waals surface area (Å²) < 4.78 is 21.0. The van der Waals surface area contributed by atoms with Crippen LogP contribution in [0.15, 0.2) is 12.7 Å². The molecule has 0 aromatic carbocycles. The Bertz CT molecular complexity index is 1340. The maximum Gasteiger partial charge on any atom is 0.320 e. The molecule has 4 bridgehead atoms. The van der Waals surface area contributed by atoms with E-state index in [1.165, 1.54) is 25.6 Å². The summed E-state index contributed by atoms with van der Waals surface area (Å²) in [5.74, 6) is 1.38. The number of fused-ring (bicyclic) bond motifs is 2. The average Bonchev–Trinajstić information content (AvgIpc) is 3.63. The summed E-state index contributed by atoms with van der Waals surface area (Å²) in [5.41, 5.74) is 0.763. The monoisotopic (exact) mass is 581 g/mol. The van der Waals surface area contributed by atoms with Gasteiger partial charge >= 0.3 is 6.03 Å². The van der Waals surface area contributed by atoms with Crippen molar-refractivity contribution in [3.05, 3.63) is 12.7 Å². The molecule has 13 nitrogen and oxygen atoms in total. The number of carbonyl (C=O) groups excluding carboxylic acids is 2. The van der Waals surface area contributed by atoms with Crippen LogP contribution in [0.25, 0.3) is 11.2 Å². The van der Waals surface area contributed by atoms with Crippen molar-refractivity contribution in [2.45, 2.75) is 106 Å². The number of ether oxygens (including phenoxy) is 3. The van der Waals surface area contributed by atoms with Crippen molar-refractivity contribution >= 4 is 28.9 Å². The van der Waals surface area contributed by atoms with Crippen LogP contribution in [0.2, 0.25) is 0 Å². The van der Waals surface area contributed by atoms with E-state index in [-0.39, 0.29) is 30.6 Å². The van der Waals surface area contributed by atoms with Crippen LogP contribution in [0.1, 0.15) is 76.9 Å². The molecule has 4 N–H and O–H groups in total. The van der Waals surface area contributed by atoms with Crippen LogP contribution >= 0.6 is 0 Å². The van der Waals surface area contributed by atoms with Gasteiger partial charge in [-0.2, -0.15) is 0 Å². The van der Waals surface area contributed by atoms with Gasteiger partial charge in [-0.25, -0.2) is 19.7 Å². The van der Waals surface area contributed by atoms with Crippen LogP contribution < -0.4 is 16.0 Å². The molecule has 13 heteroatoms. The fraction of sp³-hybridized carbons (Fsp3) is 0.759. The van der Waals surface area contributed by atoms with Crippen LogP contribution in [0.3, 0.4) is 0 Å². The van der Waals surface area contributed by atoms with E-state index in [2.05, 4.69) is 30.9 Å². The first-order chi connectivity index (χ1) is 20.4. The van der Waals surface area contributed by atoms with E-state index < -0.39 is 30.3 Å². The highest BCUT2D eigenvalue weighted by Crippen LogP contribution is 2.55. The first-order valence-corrected chi connectivity index (χ1v) is 15.6. The van der Waals surface area contributed by atoms with Crippen LogP contribution in [-0.2, 0) is 19.0 Å². The maximum atomic E-state index is 13.3. The number of rotatable bonds is 6. The normalized spacial score (nSPS) is 37.7. The number of imidazole rings is 1. The van der Waals surface area contributed by atoms with Gasteiger partial charge in [-0.15, -0.1) is 0 Å². The van der Waals surface area contributed by atoms with Gasteiger partial charge in [0.15, 0.2) is 35.1 Å². The molecule has 2 aromatic heterocycles. The number of urea groups is 1. The second kappa shape index (κ2) is 10.1. The van der Waals surface area contributed by atoms with Crippen molar-refractivity contribution in [1.29, 1.82) is 0 Å². The number of amides is 3. The number of hydrogen-bond acceptors (Lipinski definition) is 9. The largest absolute Gasteiger partial charge is 0.395 e. The minimum atomic E-state index is -0.921. The van der Waals surface area contributed by atoms with Gasteiger partial charge in [0.1, 0.15) is 18.5 Å². The maximum absolute atomic E-state index is 13.3. The average molecular weight is 582 g/mol. The van der Waals surface area contributed by atoms with E-state index >= 15 is 0 Å². The van der Waals surface area contributed by atoms with Crippen molar-refractivity contribution in [2.24, 2.45) is 17.8 Å². The van der Waals surface area contributed by atoms with E-state index in [1.54, 1.807) is 10.9 Å². The summed E-state index contributed by atoms with van der Waals surface area (Å²) in [6, 6.07) is -0.268. The van der Waals surface area contributed by atoms with Gasteiger partial charge in [0.05, 0.1) is 12.9 Å². The molecule has 7 fully saturated rings. The van der Waals surface area contributed by atoms with E-state index in [1.807, 2.05) is 0 Å². The lowest BCUT2D eigenvalue weighted by Crippen LogP contribution is -2.60. The second-order valence-corrected chi connectivity index (χ2v) is 13.4. The number of carbonyl (C=O) groups is 2. The molecule has 5 aliphatic carbocycles. The van der Waals surface area contributed by atoms with E-state index in [9.17, 15) is 14.7 Å². The highest BCUT2D eigenvalue weighted by Gasteiger charge is 2.61. The third-order valence-corrected chi connectivity index (χ3v) is 10.5. The Balaban J connectivity index is 1.04. The summed E-state index contributed by atoms with van der Waals surface area (Å²) in [5, 5.41) is 18.2. The van der Waals surface area contributed by atoms with Crippen LogP contribution in [0.4, 0.5) is 10.6 Å². The number of hydrogen-bond donors (Lipinski definition) is 4. The minimum Gasteiger partial charge on any atom is -0.395 e. The van der Waals surface area contributed by atoms with E-state index in [4.69, 9.17) is 14.2 Å². The molecule has 9 rings (SSSR count). The molecule has 2 aromatic rings. The molecule has 42 heavy (non-hydrogen) atoms. The van der Waals surface area contributed by atoms with Gasteiger partial charge < -0.3 is 30.0 Å². The third-order valence-electron chi connectivity index (χ3n) is 10.5. The Morgan fingerprint density at radius 2 is 1.69 bits per heavy atom. The highest BCUT2D eigenvalue weighted by atomic mass is 16.8. The molecule has 4 heterocycles. The van der Waals surface area contributed by atoms with Crippen LogP contribution in [0.5, 0.6) is 0 Å². The summed E-state index contributed by atoms with van der Waals surface area (Å²) >= 11 is 0. The smallest absolute Gasteiger partial charge is 0.320 e. The quantitative estimate of drug-likeness (QED) is 0.401. The van der Waals surface area contributed by atoms with Gasteiger partial charge in [0.2, 0.25) is 0 Å². The van der Waals surface area contributed by atoms with Crippen molar-refractivity contribution in [3.63, 3.8) is 0 Å². The first-order valence-electron chi connectivity index (χ1n) is 15.6. The Kier molecular flexibility index (Phi) is 6.43. The second-order valence-electron chi connectivity index (χ2n) is 13.4. The SMILES string of the molecule is O=C(Nc1ncnc2c1ncn2[C@@H]1O[C@H](C(=O)NCCO)C2OC3(CCCCC3)OC21)NC12CC3CC(CC(C3)C1)C2. The standard InChI is InChI=1S/C29H39N7O6/c37-7-6-30-25(38)21-20-22(42-29(41-20)4-2-1-3-5-29)26(40-21)36-15-33-19-23(31-14-32-24(19)36)34-27(39)35-28-11-16-8-17(12-28)10-18(9-16)13-28/h14-18,20-22,26,37H,1-13H2,(H,30,38)(H2,31,32,34,35,39)/t16?,17?,18?,20?,21-,22?,26+,28?/m0/s1. The summed E-state index contributed by atoms with van der Waals surface area (Å²) in [6.45, 7) is -0.0547. The molecule has 5 saturated carbocycles. The Morgan fingerprint density at radius 3 is 2.40 bits per heavy atom. The number of nitrogens with one attached hydrogen (secondary N) is 3. The molecule has 2 aliphatic heterocycles. The molecular formula is C29H39N7O6. The predicted molar refractivity (Wildman–Crippen MR) is 148 cm³/mol. The predicted octanol–water partition coefficient (Wildman–Crippen LogP) is 2.37. The molecule has 2 unspecified atom stereocenters. The Morgan fingerprint density at radius 1 is 0.976 bits per heavy atom. The number of aliphatic hydroxyl groups is 1. The van der Waals surface area contributed by atoms with Gasteiger partial charge in [-0.1, -0.05) is 6.42 Å². The Labute approximate surface area is 243 Å². The number of aromatic nitrogens is 4. The zero-order valence-corrected chi connectivity index (χ0v) is 23.7. The number of nitrogens with zero attached hydrogens (tertiary/aromatic N) is 4. The molecule has 0 radical (unpaired) electrons. The van der Waals surface area contributed by atoms with Crippen molar-refractivity contribution in [1.82, 2.24) is 30.2 Å². The number of aliphatic hydroxyl groups excluding tert-OH is 1. The lowest BCUT2D eigenvalue weighted by atomic mass is 9.53. The summed E-state index contributed by atoms with van der Waals surface area (Å²) in [6.07, 6.45) is 11.9. The van der Waals surface area contributed by atoms with Crippen LogP contribution in [-0.4, -0.2) is 79.4 Å². The lowest BCUT2D eigenvalue weighted by molar-refractivity contribution is -0.229. The van der Waals surface area contributed by atoms with Crippen molar-refractivity contribution < 1.29 is 28.9 Å². The molecule has 226 valence electrons. The lowest BCUT2D eigenvalue weighted by Gasteiger charge is -2.56. The van der Waals surface area contributed by atoms with E-state index in [0.717, 1.165) is 69.1 Å². The highest BCUT2D eigenvalue weighted by molar-refractivity contribution is 5.96. The third kappa shape index (κ3) is 4.47. The molecule has 3 amide bonds. The van der Waals surface area contributed by atoms with Crippen LogP contribution in [0, 0.1) is 17.8 Å². The van der Waals surface area contributed by atoms with E-state index in [0.29, 0.717) is 17.0 Å². The van der Waals surface area contributed by atoms with Gasteiger partial charge in [0.25, 0.3) is 5.91 Å². The van der Waals surface area contributed by atoms with Gasteiger partial charge in [-0.3, -0.25) is 14.7 Å². The summed E-state index contributed by atoms with van der Waals surface area (Å²) in [4.78, 5) is 39.7. The minimum absolute atomic E-state index is 0.119. The molecular weight excluding hydrogens is 542 g/mol. The fourth-order valence-electron chi connectivity index (χ4n) is 9.23. The topological polar surface area (TPSA) is 162 Å². The molecule has 4 atom stereocenters. The van der Waals surface area contributed by atoms with Crippen molar-refractivity contribution in [2.75, 3.05) is 18.5 Å². The van der Waals surface area contributed by atoms with Crippen molar-refractivity contribution in [3.8, 4) is 0 Å². The van der Waals surface area contributed by atoms with Gasteiger partial charge in [-0.05, 0) is 69.1 Å². The zero-order valence-electron chi connectivity index (χ0n) is 23.7. The zero-order chi connectivity index (χ0) is 28.5. The number of anilines is 1. The fourth-order valence-corrected chi connectivity index (χ4v) is 9.23. The molecule has 2 saturated heterocycles. The van der Waals surface area contributed by atoms with Gasteiger partial charge in [0, 0.05) is 24.9 Å². The Hall–Kier alpha value is -2.87. The first kappa shape index (κ1) is 26.7. The summed E-state index contributed by atoms with van der Waals surface area (Å²) in [7, 11) is 0. The molecule has 7 aliphatic rings. The molecule has 1 spiro atoms.